The number of nitrogens with zero attached hydrogens (tertiary/aromatic N) is 3. The van der Waals surface area contributed by atoms with Gasteiger partial charge in [-0.05, 0) is 36.1 Å². The minimum absolute atomic E-state index is 0.0619. The van der Waals surface area contributed by atoms with Crippen LogP contribution in [0.2, 0.25) is 5.02 Å². The number of ether oxygens (including phenoxy) is 2. The molecule has 0 spiro atoms. The van der Waals surface area contributed by atoms with Gasteiger partial charge in [-0.15, -0.1) is 0 Å². The summed E-state index contributed by atoms with van der Waals surface area (Å²) < 4.78 is 11.1. The van der Waals surface area contributed by atoms with Gasteiger partial charge in [0.05, 0.1) is 31.5 Å². The van der Waals surface area contributed by atoms with E-state index in [1.165, 1.54) is 0 Å². The van der Waals surface area contributed by atoms with Crippen LogP contribution < -0.4 is 0 Å². The second-order valence-electron chi connectivity index (χ2n) is 4.86. The molecule has 0 aliphatic carbocycles. The van der Waals surface area contributed by atoms with Crippen molar-refractivity contribution in [2.75, 3.05) is 19.8 Å². The molecule has 0 amide bonds. The van der Waals surface area contributed by atoms with Gasteiger partial charge in [-0.25, -0.2) is 0 Å². The van der Waals surface area contributed by atoms with E-state index >= 15 is 0 Å². The topological polar surface area (TPSA) is 67.2 Å². The third-order valence-corrected chi connectivity index (χ3v) is 3.87. The average molecular weight is 296 g/mol. The quantitative estimate of drug-likeness (QED) is 0.467. The molecule has 2 atom stereocenters. The van der Waals surface area contributed by atoms with Crippen molar-refractivity contribution in [3.05, 3.63) is 45.3 Å². The van der Waals surface area contributed by atoms with Crippen LogP contribution in [0.3, 0.4) is 0 Å². The van der Waals surface area contributed by atoms with Gasteiger partial charge in [0.2, 0.25) is 0 Å². The molecule has 1 heterocycles. The highest BCUT2D eigenvalue weighted by atomic mass is 35.5. The second-order valence-corrected chi connectivity index (χ2v) is 5.29. The van der Waals surface area contributed by atoms with Gasteiger partial charge in [-0.2, -0.15) is 0 Å². The van der Waals surface area contributed by atoms with Crippen molar-refractivity contribution in [3.8, 4) is 0 Å². The largest absolute Gasteiger partial charge is 0.376 e. The Labute approximate surface area is 123 Å². The summed E-state index contributed by atoms with van der Waals surface area (Å²) in [6.07, 6.45) is 1.21. The lowest BCUT2D eigenvalue weighted by Crippen LogP contribution is -2.36. The lowest BCUT2D eigenvalue weighted by atomic mass is 9.83. The molecule has 1 aliphatic heterocycles. The number of hydrogen-bond acceptors (Lipinski definition) is 3. The van der Waals surface area contributed by atoms with Crippen LogP contribution in [-0.4, -0.2) is 25.9 Å². The Balaban J connectivity index is 2.31. The van der Waals surface area contributed by atoms with Crippen molar-refractivity contribution >= 4 is 11.6 Å². The van der Waals surface area contributed by atoms with Crippen LogP contribution in [0.5, 0.6) is 0 Å². The van der Waals surface area contributed by atoms with Gasteiger partial charge in [0.15, 0.2) is 0 Å². The van der Waals surface area contributed by atoms with Gasteiger partial charge in [-0.1, -0.05) is 35.8 Å². The van der Waals surface area contributed by atoms with Crippen LogP contribution in [0.25, 0.3) is 10.4 Å². The summed E-state index contributed by atoms with van der Waals surface area (Å²) in [7, 11) is 0. The predicted molar refractivity (Wildman–Crippen MR) is 77.7 cm³/mol. The fourth-order valence-corrected chi connectivity index (χ4v) is 2.72. The Hall–Kier alpha value is -1.26. The van der Waals surface area contributed by atoms with E-state index in [2.05, 4.69) is 10.0 Å². The lowest BCUT2D eigenvalue weighted by Gasteiger charge is -2.34. The molecule has 2 rings (SSSR count). The fraction of sp³-hybridized carbons (Fsp3) is 0.571. The molecular weight excluding hydrogens is 278 g/mol. The fourth-order valence-electron chi connectivity index (χ4n) is 2.53. The van der Waals surface area contributed by atoms with Crippen molar-refractivity contribution in [3.63, 3.8) is 0 Å². The van der Waals surface area contributed by atoms with E-state index in [9.17, 15) is 0 Å². The first kappa shape index (κ1) is 15.1. The van der Waals surface area contributed by atoms with Crippen molar-refractivity contribution in [2.24, 2.45) is 5.11 Å². The Bertz CT molecular complexity index is 499. The predicted octanol–water partition coefficient (Wildman–Crippen LogP) is 4.06. The second kappa shape index (κ2) is 6.95. The number of azide groups is 1. The Kier molecular flexibility index (Phi) is 5.26. The molecule has 0 N–H and O–H groups in total. The van der Waals surface area contributed by atoms with E-state index < -0.39 is 5.54 Å². The van der Waals surface area contributed by atoms with Crippen LogP contribution in [0, 0.1) is 0 Å². The number of benzene rings is 1. The van der Waals surface area contributed by atoms with Crippen LogP contribution >= 0.6 is 11.6 Å². The summed E-state index contributed by atoms with van der Waals surface area (Å²) in [5.41, 5.74) is 9.21. The standard InChI is InChI=1S/C14H18ClN3O2/c1-2-14(17-18-16,9-13-10-19-6-7-20-13)11-4-3-5-12(15)8-11/h3-5,8,13H,2,6-7,9-10H2,1H3. The third kappa shape index (κ3) is 3.44. The molecule has 1 fully saturated rings. The lowest BCUT2D eigenvalue weighted by molar-refractivity contribution is -0.0980. The van der Waals surface area contributed by atoms with E-state index in [1.807, 2.05) is 31.2 Å². The van der Waals surface area contributed by atoms with Crippen molar-refractivity contribution < 1.29 is 9.47 Å². The smallest absolute Gasteiger partial charge is 0.0819 e. The van der Waals surface area contributed by atoms with Gasteiger partial charge in [0.1, 0.15) is 0 Å². The van der Waals surface area contributed by atoms with Gasteiger partial charge in [-0.3, -0.25) is 0 Å². The summed E-state index contributed by atoms with van der Waals surface area (Å²) in [6, 6.07) is 7.46. The average Bonchev–Trinajstić information content (AvgIpc) is 2.48. The molecule has 5 nitrogen and oxygen atoms in total. The van der Waals surface area contributed by atoms with Crippen molar-refractivity contribution in [1.82, 2.24) is 0 Å². The highest BCUT2D eigenvalue weighted by molar-refractivity contribution is 6.30. The summed E-state index contributed by atoms with van der Waals surface area (Å²) in [4.78, 5) is 3.04. The maximum absolute atomic E-state index is 8.95. The highest BCUT2D eigenvalue weighted by Crippen LogP contribution is 2.37. The zero-order valence-electron chi connectivity index (χ0n) is 11.5. The SMILES string of the molecule is CCC(CC1COCCO1)(N=[N+]=[N-])c1cccc(Cl)c1. The first-order chi connectivity index (χ1) is 9.70. The molecule has 0 saturated carbocycles. The Morgan fingerprint density at radius 3 is 2.95 bits per heavy atom. The Morgan fingerprint density at radius 1 is 1.50 bits per heavy atom. The molecule has 1 aromatic rings. The zero-order chi connectivity index (χ0) is 14.4. The molecule has 1 saturated heterocycles. The summed E-state index contributed by atoms with van der Waals surface area (Å²) in [5, 5.41) is 4.70. The maximum atomic E-state index is 8.95. The molecule has 2 unspecified atom stereocenters. The number of hydrogen-bond donors (Lipinski definition) is 0. The molecule has 6 heteroatoms. The third-order valence-electron chi connectivity index (χ3n) is 3.63. The van der Waals surface area contributed by atoms with Crippen LogP contribution in [0.15, 0.2) is 29.4 Å². The van der Waals surface area contributed by atoms with E-state index in [0.717, 1.165) is 5.56 Å². The van der Waals surface area contributed by atoms with Crippen molar-refractivity contribution in [1.29, 1.82) is 0 Å². The minimum Gasteiger partial charge on any atom is -0.376 e. The van der Waals surface area contributed by atoms with E-state index in [1.54, 1.807) is 0 Å². The first-order valence-electron chi connectivity index (χ1n) is 6.72. The van der Waals surface area contributed by atoms with Crippen LogP contribution in [0.4, 0.5) is 0 Å². The summed E-state index contributed by atoms with van der Waals surface area (Å²) in [5.74, 6) is 0. The molecular formula is C14H18ClN3O2. The van der Waals surface area contributed by atoms with Crippen LogP contribution in [0.1, 0.15) is 25.3 Å². The number of halogens is 1. The maximum Gasteiger partial charge on any atom is 0.0819 e. The van der Waals surface area contributed by atoms with Crippen molar-refractivity contribution in [2.45, 2.75) is 31.4 Å². The molecule has 0 bridgehead atoms. The molecule has 108 valence electrons. The van der Waals surface area contributed by atoms with E-state index in [-0.39, 0.29) is 6.10 Å². The molecule has 1 aliphatic rings. The normalized spacial score (nSPS) is 21.8. The summed E-state index contributed by atoms with van der Waals surface area (Å²) >= 11 is 6.06. The van der Waals surface area contributed by atoms with Gasteiger partial charge in [0, 0.05) is 9.93 Å². The minimum atomic E-state index is -0.648. The molecule has 20 heavy (non-hydrogen) atoms. The van der Waals surface area contributed by atoms with E-state index in [4.69, 9.17) is 26.6 Å². The van der Waals surface area contributed by atoms with Crippen LogP contribution in [-0.2, 0) is 15.0 Å². The zero-order valence-corrected chi connectivity index (χ0v) is 12.2. The van der Waals surface area contributed by atoms with Gasteiger partial charge < -0.3 is 9.47 Å². The molecule has 0 aromatic heterocycles. The monoisotopic (exact) mass is 295 g/mol. The molecule has 0 radical (unpaired) electrons. The first-order valence-corrected chi connectivity index (χ1v) is 7.09. The van der Waals surface area contributed by atoms with E-state index in [0.29, 0.717) is 37.7 Å². The Morgan fingerprint density at radius 2 is 2.35 bits per heavy atom. The van der Waals surface area contributed by atoms with Gasteiger partial charge in [0.25, 0.3) is 0 Å². The summed E-state index contributed by atoms with van der Waals surface area (Å²) in [6.45, 7) is 3.73. The van der Waals surface area contributed by atoms with Gasteiger partial charge >= 0.3 is 0 Å². The number of rotatable bonds is 5. The highest BCUT2D eigenvalue weighted by Gasteiger charge is 2.34. The molecule has 1 aromatic carbocycles.